The summed E-state index contributed by atoms with van der Waals surface area (Å²) in [4.78, 5) is 21.0. The fourth-order valence-corrected chi connectivity index (χ4v) is 0.492. The van der Waals surface area contributed by atoms with E-state index >= 15 is 0 Å². The van der Waals surface area contributed by atoms with Gasteiger partial charge in [-0.25, -0.2) is 0 Å². The van der Waals surface area contributed by atoms with E-state index in [9.17, 15) is 9.59 Å². The molecule has 12 heavy (non-hydrogen) atoms. The van der Waals surface area contributed by atoms with Crippen molar-refractivity contribution in [2.75, 3.05) is 13.6 Å². The number of hydrogen-bond acceptors (Lipinski definition) is 6. The van der Waals surface area contributed by atoms with Gasteiger partial charge in [-0.1, -0.05) is 0 Å². The number of carbonyl (C=O) groups excluding carboxylic acids is 2. The Balaban J connectivity index is 3.40. The first kappa shape index (κ1) is 10.9. The monoisotopic (exact) mass is 178 g/mol. The lowest BCUT2D eigenvalue weighted by Gasteiger charge is -2.00. The third kappa shape index (κ3) is 5.63. The van der Waals surface area contributed by atoms with Gasteiger partial charge in [0.15, 0.2) is 13.6 Å². The molecule has 0 bridgehead atoms. The van der Waals surface area contributed by atoms with E-state index in [4.69, 9.17) is 10.2 Å². The number of aliphatic hydroxyl groups is 2. The molecule has 0 aliphatic carbocycles. The minimum atomic E-state index is -0.701. The summed E-state index contributed by atoms with van der Waals surface area (Å²) in [6.07, 6.45) is -0.335. The summed E-state index contributed by atoms with van der Waals surface area (Å²) < 4.78 is 8.23. The third-order valence-corrected chi connectivity index (χ3v) is 0.984. The molecule has 0 aromatic carbocycles. The van der Waals surface area contributed by atoms with Crippen molar-refractivity contribution >= 4 is 11.9 Å². The Labute approximate surface area is 68.7 Å². The quantitative estimate of drug-likeness (QED) is 0.403. The van der Waals surface area contributed by atoms with Crippen LogP contribution >= 0.6 is 0 Å². The minimum Gasteiger partial charge on any atom is -0.439 e. The predicted octanol–water partition coefficient (Wildman–Crippen LogP) is -1.25. The second-order valence-electron chi connectivity index (χ2n) is 1.79. The van der Waals surface area contributed by atoms with Gasteiger partial charge < -0.3 is 19.7 Å². The Hall–Kier alpha value is -1.14. The molecular formula is C6H10O6. The first-order chi connectivity index (χ1) is 5.70. The molecule has 0 rings (SSSR count). The molecule has 0 saturated carbocycles. The summed E-state index contributed by atoms with van der Waals surface area (Å²) >= 11 is 0. The van der Waals surface area contributed by atoms with E-state index in [1.165, 1.54) is 0 Å². The highest BCUT2D eigenvalue weighted by Crippen LogP contribution is 1.94. The summed E-state index contributed by atoms with van der Waals surface area (Å²) in [5.41, 5.74) is 0. The molecule has 0 saturated heterocycles. The van der Waals surface area contributed by atoms with Crippen LogP contribution in [0.3, 0.4) is 0 Å². The van der Waals surface area contributed by atoms with Gasteiger partial charge in [0.1, 0.15) is 0 Å². The molecule has 2 N–H and O–H groups in total. The number of aliphatic hydroxyl groups excluding tert-OH is 2. The van der Waals surface area contributed by atoms with Gasteiger partial charge in [-0.15, -0.1) is 0 Å². The van der Waals surface area contributed by atoms with Gasteiger partial charge in [0, 0.05) is 0 Å². The highest BCUT2D eigenvalue weighted by Gasteiger charge is 2.07. The van der Waals surface area contributed by atoms with E-state index < -0.39 is 25.5 Å². The zero-order chi connectivity index (χ0) is 9.40. The average molecular weight is 178 g/mol. The fraction of sp³-hybridized carbons (Fsp3) is 0.667. The summed E-state index contributed by atoms with van der Waals surface area (Å²) in [5.74, 6) is -1.38. The van der Waals surface area contributed by atoms with Crippen LogP contribution < -0.4 is 0 Å². The standard InChI is InChI=1S/C6H10O6/c7-3-11-5(9)1-2-6(10)12-4-8/h7-8H,1-4H2. The van der Waals surface area contributed by atoms with Crippen molar-refractivity contribution in [2.24, 2.45) is 0 Å². The Morgan fingerprint density at radius 1 is 0.917 bits per heavy atom. The molecule has 0 heterocycles. The van der Waals surface area contributed by atoms with E-state index in [1.807, 2.05) is 0 Å². The Morgan fingerprint density at radius 3 is 1.50 bits per heavy atom. The van der Waals surface area contributed by atoms with E-state index in [2.05, 4.69) is 9.47 Å². The molecule has 0 radical (unpaired) electrons. The van der Waals surface area contributed by atoms with Gasteiger partial charge in [-0.05, 0) is 0 Å². The van der Waals surface area contributed by atoms with Gasteiger partial charge in [0.25, 0.3) is 0 Å². The summed E-state index contributed by atoms with van der Waals surface area (Å²) in [5, 5.41) is 16.2. The number of carbonyl (C=O) groups is 2. The molecule has 0 spiro atoms. The molecule has 0 atom stereocenters. The van der Waals surface area contributed by atoms with Crippen LogP contribution in [0.4, 0.5) is 0 Å². The maximum absolute atomic E-state index is 10.5. The second kappa shape index (κ2) is 6.56. The van der Waals surface area contributed by atoms with Crippen molar-refractivity contribution in [1.82, 2.24) is 0 Å². The van der Waals surface area contributed by atoms with Gasteiger partial charge in [0.05, 0.1) is 12.8 Å². The predicted molar refractivity (Wildman–Crippen MR) is 35.6 cm³/mol. The number of hydrogen-bond donors (Lipinski definition) is 2. The smallest absolute Gasteiger partial charge is 0.308 e. The molecule has 0 aliphatic rings. The normalized spacial score (nSPS) is 9.17. The van der Waals surface area contributed by atoms with E-state index in [0.717, 1.165) is 0 Å². The van der Waals surface area contributed by atoms with Crippen LogP contribution in [0.5, 0.6) is 0 Å². The lowest BCUT2D eigenvalue weighted by molar-refractivity contribution is -0.158. The summed E-state index contributed by atoms with van der Waals surface area (Å²) in [7, 11) is 0. The van der Waals surface area contributed by atoms with Crippen molar-refractivity contribution in [3.8, 4) is 0 Å². The van der Waals surface area contributed by atoms with Crippen molar-refractivity contribution in [3.63, 3.8) is 0 Å². The van der Waals surface area contributed by atoms with Gasteiger partial charge >= 0.3 is 11.9 Å². The highest BCUT2D eigenvalue weighted by atomic mass is 16.6. The van der Waals surface area contributed by atoms with Crippen LogP contribution in [-0.4, -0.2) is 35.7 Å². The van der Waals surface area contributed by atoms with E-state index in [1.54, 1.807) is 0 Å². The Kier molecular flexibility index (Phi) is 5.94. The number of ether oxygens (including phenoxy) is 2. The highest BCUT2D eigenvalue weighted by molar-refractivity contribution is 5.77. The molecule has 70 valence electrons. The first-order valence-electron chi connectivity index (χ1n) is 3.23. The molecule has 0 fully saturated rings. The molecule has 0 unspecified atom stereocenters. The van der Waals surface area contributed by atoms with Crippen molar-refractivity contribution in [3.05, 3.63) is 0 Å². The summed E-state index contributed by atoms with van der Waals surface area (Å²) in [6, 6.07) is 0. The maximum Gasteiger partial charge on any atom is 0.308 e. The molecule has 6 nitrogen and oxygen atoms in total. The second-order valence-corrected chi connectivity index (χ2v) is 1.79. The molecule has 0 aromatic heterocycles. The lowest BCUT2D eigenvalue weighted by atomic mass is 10.3. The van der Waals surface area contributed by atoms with Crippen LogP contribution in [0, 0.1) is 0 Å². The van der Waals surface area contributed by atoms with Gasteiger partial charge in [-0.3, -0.25) is 9.59 Å². The van der Waals surface area contributed by atoms with Gasteiger partial charge in [-0.2, -0.15) is 0 Å². The van der Waals surface area contributed by atoms with Crippen LogP contribution in [0.1, 0.15) is 12.8 Å². The summed E-state index contributed by atoms with van der Waals surface area (Å²) in [6.45, 7) is -1.40. The van der Waals surface area contributed by atoms with Crippen molar-refractivity contribution in [1.29, 1.82) is 0 Å². The van der Waals surface area contributed by atoms with Crippen LogP contribution in [0.15, 0.2) is 0 Å². The molecular weight excluding hydrogens is 168 g/mol. The van der Waals surface area contributed by atoms with E-state index in [0.29, 0.717) is 0 Å². The SMILES string of the molecule is O=C(CCC(=O)OCO)OCO. The van der Waals surface area contributed by atoms with Crippen LogP contribution in [-0.2, 0) is 19.1 Å². The van der Waals surface area contributed by atoms with Crippen LogP contribution in [0.25, 0.3) is 0 Å². The zero-order valence-electron chi connectivity index (χ0n) is 6.36. The molecule has 0 aliphatic heterocycles. The number of esters is 2. The Bertz CT molecular complexity index is 136. The molecule has 0 aromatic rings. The van der Waals surface area contributed by atoms with Gasteiger partial charge in [0.2, 0.25) is 0 Å². The molecule has 0 amide bonds. The first-order valence-corrected chi connectivity index (χ1v) is 3.23. The number of rotatable bonds is 5. The third-order valence-electron chi connectivity index (χ3n) is 0.984. The maximum atomic E-state index is 10.5. The lowest BCUT2D eigenvalue weighted by Crippen LogP contribution is -2.10. The topological polar surface area (TPSA) is 93.1 Å². The molecule has 6 heteroatoms. The van der Waals surface area contributed by atoms with Crippen LogP contribution in [0.2, 0.25) is 0 Å². The largest absolute Gasteiger partial charge is 0.439 e. The fourth-order valence-electron chi connectivity index (χ4n) is 0.492. The van der Waals surface area contributed by atoms with E-state index in [-0.39, 0.29) is 12.8 Å². The van der Waals surface area contributed by atoms with Crippen molar-refractivity contribution in [2.45, 2.75) is 12.8 Å². The Morgan fingerprint density at radius 2 is 1.25 bits per heavy atom. The minimum absolute atomic E-state index is 0.167. The zero-order valence-corrected chi connectivity index (χ0v) is 6.36. The average Bonchev–Trinajstić information content (AvgIpc) is 2.02. The van der Waals surface area contributed by atoms with Crippen molar-refractivity contribution < 1.29 is 29.3 Å².